The van der Waals surface area contributed by atoms with Crippen molar-refractivity contribution in [1.29, 1.82) is 0 Å². The molecule has 3 heterocycles. The van der Waals surface area contributed by atoms with Crippen LogP contribution in [0.3, 0.4) is 0 Å². The summed E-state index contributed by atoms with van der Waals surface area (Å²) in [6.07, 6.45) is 7.44. The second-order valence-electron chi connectivity index (χ2n) is 7.10. The minimum absolute atomic E-state index is 0.0560. The van der Waals surface area contributed by atoms with Crippen molar-refractivity contribution in [3.63, 3.8) is 0 Å². The van der Waals surface area contributed by atoms with Gasteiger partial charge in [0.2, 0.25) is 11.8 Å². The van der Waals surface area contributed by atoms with Crippen LogP contribution in [0.1, 0.15) is 12.8 Å². The summed E-state index contributed by atoms with van der Waals surface area (Å²) < 4.78 is 12.0. The van der Waals surface area contributed by atoms with Crippen molar-refractivity contribution in [2.24, 2.45) is 0 Å². The lowest BCUT2D eigenvalue weighted by atomic mass is 10.1. The van der Waals surface area contributed by atoms with Gasteiger partial charge in [-0.15, -0.1) is 0 Å². The Hall–Kier alpha value is -3.94. The Kier molecular flexibility index (Phi) is 6.07. The standard InChI is InChI=1S/C23H23N5O3/c1-2-20(29)28-13-9-19(10-14-28)31-23-21(22(24)26-15-27-23)16-3-5-17(6-4-16)30-18-7-11-25-12-8-18/h2-8,11-12,15,19H,1,9-10,13-14H2,(H2,24,26,27). The number of hydrogen-bond acceptors (Lipinski definition) is 7. The number of rotatable bonds is 6. The summed E-state index contributed by atoms with van der Waals surface area (Å²) in [4.78, 5) is 26.0. The van der Waals surface area contributed by atoms with Crippen molar-refractivity contribution in [3.05, 3.63) is 67.8 Å². The van der Waals surface area contributed by atoms with Crippen LogP contribution in [-0.2, 0) is 4.79 Å². The van der Waals surface area contributed by atoms with E-state index >= 15 is 0 Å². The first-order chi connectivity index (χ1) is 15.1. The fraction of sp³-hybridized carbons (Fsp3) is 0.217. The van der Waals surface area contributed by atoms with E-state index in [1.807, 2.05) is 24.3 Å². The number of carbonyl (C=O) groups excluding carboxylic acids is 1. The summed E-state index contributed by atoms with van der Waals surface area (Å²) in [5, 5.41) is 0. The van der Waals surface area contributed by atoms with Crippen molar-refractivity contribution in [3.8, 4) is 28.5 Å². The number of amides is 1. The van der Waals surface area contributed by atoms with E-state index in [2.05, 4.69) is 21.5 Å². The highest BCUT2D eigenvalue weighted by molar-refractivity contribution is 5.87. The largest absolute Gasteiger partial charge is 0.474 e. The number of nitrogens with two attached hydrogens (primary N) is 1. The Bertz CT molecular complexity index is 1050. The monoisotopic (exact) mass is 417 g/mol. The molecule has 0 radical (unpaired) electrons. The molecule has 4 rings (SSSR count). The predicted octanol–water partition coefficient (Wildman–Crippen LogP) is 3.47. The van der Waals surface area contributed by atoms with Crippen LogP contribution in [0.2, 0.25) is 0 Å². The fourth-order valence-electron chi connectivity index (χ4n) is 3.46. The van der Waals surface area contributed by atoms with Gasteiger partial charge in [0.1, 0.15) is 29.7 Å². The van der Waals surface area contributed by atoms with Crippen LogP contribution < -0.4 is 15.2 Å². The van der Waals surface area contributed by atoms with Gasteiger partial charge in [-0.1, -0.05) is 18.7 Å². The number of pyridine rings is 1. The van der Waals surface area contributed by atoms with E-state index in [0.717, 1.165) is 5.56 Å². The molecule has 31 heavy (non-hydrogen) atoms. The van der Waals surface area contributed by atoms with E-state index in [4.69, 9.17) is 15.2 Å². The lowest BCUT2D eigenvalue weighted by Gasteiger charge is -2.31. The van der Waals surface area contributed by atoms with E-state index in [0.29, 0.717) is 54.7 Å². The third-order valence-electron chi connectivity index (χ3n) is 5.08. The zero-order valence-electron chi connectivity index (χ0n) is 17.0. The van der Waals surface area contributed by atoms with Crippen LogP contribution >= 0.6 is 0 Å². The number of aromatic nitrogens is 3. The van der Waals surface area contributed by atoms with Gasteiger partial charge < -0.3 is 20.1 Å². The number of nitrogens with zero attached hydrogens (tertiary/aromatic N) is 4. The Balaban J connectivity index is 1.49. The third kappa shape index (κ3) is 4.80. The number of ether oxygens (including phenoxy) is 2. The minimum Gasteiger partial charge on any atom is -0.474 e. The summed E-state index contributed by atoms with van der Waals surface area (Å²) >= 11 is 0. The average Bonchev–Trinajstić information content (AvgIpc) is 2.81. The molecule has 0 spiro atoms. The molecule has 3 aromatic rings. The van der Waals surface area contributed by atoms with E-state index < -0.39 is 0 Å². The third-order valence-corrected chi connectivity index (χ3v) is 5.08. The van der Waals surface area contributed by atoms with Gasteiger partial charge in [-0.25, -0.2) is 9.97 Å². The van der Waals surface area contributed by atoms with Crippen molar-refractivity contribution < 1.29 is 14.3 Å². The smallest absolute Gasteiger partial charge is 0.245 e. The first-order valence-electron chi connectivity index (χ1n) is 10.0. The lowest BCUT2D eigenvalue weighted by molar-refractivity contribution is -0.127. The molecule has 1 aliphatic heterocycles. The quantitative estimate of drug-likeness (QED) is 0.613. The fourth-order valence-corrected chi connectivity index (χ4v) is 3.46. The van der Waals surface area contributed by atoms with Crippen molar-refractivity contribution in [2.45, 2.75) is 18.9 Å². The Morgan fingerprint density at radius 1 is 1.06 bits per heavy atom. The molecule has 2 N–H and O–H groups in total. The normalized spacial score (nSPS) is 14.1. The molecule has 2 aromatic heterocycles. The molecule has 0 atom stereocenters. The van der Waals surface area contributed by atoms with Gasteiger partial charge in [-0.3, -0.25) is 9.78 Å². The van der Waals surface area contributed by atoms with Gasteiger partial charge in [-0.2, -0.15) is 0 Å². The van der Waals surface area contributed by atoms with Crippen molar-refractivity contribution in [2.75, 3.05) is 18.8 Å². The number of piperidine rings is 1. The van der Waals surface area contributed by atoms with Gasteiger partial charge in [0, 0.05) is 38.3 Å². The highest BCUT2D eigenvalue weighted by atomic mass is 16.5. The average molecular weight is 417 g/mol. The highest BCUT2D eigenvalue weighted by Gasteiger charge is 2.24. The van der Waals surface area contributed by atoms with Crippen LogP contribution in [0.4, 0.5) is 5.82 Å². The molecule has 8 heteroatoms. The van der Waals surface area contributed by atoms with Gasteiger partial charge in [0.05, 0.1) is 5.56 Å². The Morgan fingerprint density at radius 2 is 1.74 bits per heavy atom. The summed E-state index contributed by atoms with van der Waals surface area (Å²) in [5.41, 5.74) is 7.64. The highest BCUT2D eigenvalue weighted by Crippen LogP contribution is 2.35. The lowest BCUT2D eigenvalue weighted by Crippen LogP contribution is -2.41. The molecule has 1 fully saturated rings. The van der Waals surface area contributed by atoms with E-state index in [-0.39, 0.29) is 12.0 Å². The predicted molar refractivity (Wildman–Crippen MR) is 117 cm³/mol. The summed E-state index contributed by atoms with van der Waals surface area (Å²) in [7, 11) is 0. The molecule has 1 aromatic carbocycles. The second kappa shape index (κ2) is 9.25. The zero-order valence-corrected chi connectivity index (χ0v) is 17.0. The van der Waals surface area contributed by atoms with Gasteiger partial charge in [0.15, 0.2) is 0 Å². The molecule has 1 aliphatic rings. The van der Waals surface area contributed by atoms with Gasteiger partial charge >= 0.3 is 0 Å². The first-order valence-corrected chi connectivity index (χ1v) is 10.0. The molecule has 8 nitrogen and oxygen atoms in total. The molecule has 0 saturated carbocycles. The number of benzene rings is 1. The van der Waals surface area contributed by atoms with E-state index in [9.17, 15) is 4.79 Å². The second-order valence-corrected chi connectivity index (χ2v) is 7.10. The van der Waals surface area contributed by atoms with Gasteiger partial charge in [-0.05, 0) is 35.9 Å². The summed E-state index contributed by atoms with van der Waals surface area (Å²) in [5.74, 6) is 2.11. The number of likely N-dealkylation sites (tertiary alicyclic amines) is 1. The maximum Gasteiger partial charge on any atom is 0.245 e. The van der Waals surface area contributed by atoms with E-state index in [1.54, 1.807) is 29.4 Å². The maximum absolute atomic E-state index is 11.8. The molecule has 1 saturated heterocycles. The van der Waals surface area contributed by atoms with Crippen LogP contribution in [0.25, 0.3) is 11.1 Å². The van der Waals surface area contributed by atoms with Crippen LogP contribution in [0.15, 0.2) is 67.8 Å². The first kappa shape index (κ1) is 20.3. The number of nitrogen functional groups attached to an aromatic ring is 1. The molecule has 0 unspecified atom stereocenters. The SMILES string of the molecule is C=CC(=O)N1CCC(Oc2ncnc(N)c2-c2ccc(Oc3ccncc3)cc2)CC1. The number of hydrogen-bond donors (Lipinski definition) is 1. The zero-order chi connectivity index (χ0) is 21.6. The van der Waals surface area contributed by atoms with Crippen molar-refractivity contribution >= 4 is 11.7 Å². The molecule has 158 valence electrons. The van der Waals surface area contributed by atoms with Crippen LogP contribution in [0.5, 0.6) is 17.4 Å². The summed E-state index contributed by atoms with van der Waals surface area (Å²) in [6.45, 7) is 4.78. The van der Waals surface area contributed by atoms with E-state index in [1.165, 1.54) is 12.4 Å². The number of carbonyl (C=O) groups is 1. The minimum atomic E-state index is -0.0591. The Labute approximate surface area is 180 Å². The molecule has 0 bridgehead atoms. The molecule has 1 amide bonds. The van der Waals surface area contributed by atoms with Gasteiger partial charge in [0.25, 0.3) is 0 Å². The summed E-state index contributed by atoms with van der Waals surface area (Å²) in [6, 6.07) is 11.1. The molecular formula is C23H23N5O3. The van der Waals surface area contributed by atoms with Crippen LogP contribution in [-0.4, -0.2) is 45.0 Å². The molecule has 0 aliphatic carbocycles. The number of anilines is 1. The van der Waals surface area contributed by atoms with Crippen LogP contribution in [0, 0.1) is 0 Å². The molecular weight excluding hydrogens is 394 g/mol. The topological polar surface area (TPSA) is 103 Å². The maximum atomic E-state index is 11.8. The Morgan fingerprint density at radius 3 is 2.42 bits per heavy atom. The van der Waals surface area contributed by atoms with Crippen molar-refractivity contribution in [1.82, 2.24) is 19.9 Å².